The van der Waals surface area contributed by atoms with Crippen molar-refractivity contribution in [3.8, 4) is 0 Å². The lowest BCUT2D eigenvalue weighted by Gasteiger charge is -2.50. The van der Waals surface area contributed by atoms with Crippen LogP contribution in [0.15, 0.2) is 0 Å². The van der Waals surface area contributed by atoms with Crippen LogP contribution >= 0.6 is 0 Å². The molecule has 1 spiro atoms. The predicted octanol–water partition coefficient (Wildman–Crippen LogP) is 1.52. The molecule has 0 aromatic heterocycles. The molecule has 1 N–H and O–H groups in total. The molecule has 22 heavy (non-hydrogen) atoms. The van der Waals surface area contributed by atoms with E-state index in [1.165, 1.54) is 0 Å². The van der Waals surface area contributed by atoms with Gasteiger partial charge in [0.15, 0.2) is 0 Å². The van der Waals surface area contributed by atoms with E-state index in [0.29, 0.717) is 0 Å². The molecule has 7 atom stereocenters. The highest BCUT2D eigenvalue weighted by Gasteiger charge is 2.89. The Balaban J connectivity index is 1.83. The number of fused-ring (bicyclic) bond motifs is 6. The summed E-state index contributed by atoms with van der Waals surface area (Å²) in [5, 5.41) is 11.2. The molecule has 0 radical (unpaired) electrons. The van der Waals surface area contributed by atoms with Crippen LogP contribution in [0.3, 0.4) is 0 Å². The Hall–Kier alpha value is -0.490. The minimum absolute atomic E-state index is 0.154. The Kier molecular flexibility index (Phi) is 2.70. The summed E-state index contributed by atoms with van der Waals surface area (Å²) in [6.07, 6.45) is 1.22. The van der Waals surface area contributed by atoms with Gasteiger partial charge in [-0.3, -0.25) is 4.79 Å². The third-order valence-corrected chi connectivity index (χ3v) is 7.45. The first-order valence-electron chi connectivity index (χ1n) is 8.23. The molecule has 2 aliphatic carbocycles. The zero-order valence-electron chi connectivity index (χ0n) is 14.0. The van der Waals surface area contributed by atoms with Crippen molar-refractivity contribution in [2.24, 2.45) is 22.7 Å². The molecule has 2 saturated carbocycles. The van der Waals surface area contributed by atoms with Crippen LogP contribution in [0, 0.1) is 22.7 Å². The SMILES string of the molecule is COCO[C@H]1[C@H](C)C(=O)[C@H]2[C@]1(C)[C@H]1O[C@]2(C)C2(CC2)[C@@]1(C)O. The third-order valence-electron chi connectivity index (χ3n) is 7.45. The van der Waals surface area contributed by atoms with Crippen LogP contribution < -0.4 is 0 Å². The van der Waals surface area contributed by atoms with Crippen LogP contribution in [0.5, 0.6) is 0 Å². The zero-order chi connectivity index (χ0) is 16.1. The van der Waals surface area contributed by atoms with Crippen LogP contribution in [0.2, 0.25) is 0 Å². The van der Waals surface area contributed by atoms with E-state index < -0.39 is 16.6 Å². The van der Waals surface area contributed by atoms with Crippen molar-refractivity contribution in [3.05, 3.63) is 0 Å². The fraction of sp³-hybridized carbons (Fsp3) is 0.941. The van der Waals surface area contributed by atoms with E-state index in [9.17, 15) is 9.90 Å². The van der Waals surface area contributed by atoms with Crippen LogP contribution in [-0.4, -0.2) is 48.2 Å². The van der Waals surface area contributed by atoms with Gasteiger partial charge in [0.25, 0.3) is 0 Å². The number of methoxy groups -OCH3 is 1. The van der Waals surface area contributed by atoms with Gasteiger partial charge in [-0.1, -0.05) is 13.8 Å². The molecule has 5 nitrogen and oxygen atoms in total. The van der Waals surface area contributed by atoms with Gasteiger partial charge in [0.05, 0.1) is 29.3 Å². The average Bonchev–Trinajstić information content (AvgIpc) is 3.15. The van der Waals surface area contributed by atoms with E-state index in [1.54, 1.807) is 7.11 Å². The van der Waals surface area contributed by atoms with Crippen molar-refractivity contribution in [3.63, 3.8) is 0 Å². The van der Waals surface area contributed by atoms with Crippen molar-refractivity contribution in [1.29, 1.82) is 0 Å². The summed E-state index contributed by atoms with van der Waals surface area (Å²) in [4.78, 5) is 13.0. The van der Waals surface area contributed by atoms with Gasteiger partial charge in [-0.05, 0) is 26.7 Å². The van der Waals surface area contributed by atoms with Crippen molar-refractivity contribution >= 4 is 5.78 Å². The lowest BCUT2D eigenvalue weighted by atomic mass is 9.53. The van der Waals surface area contributed by atoms with Crippen molar-refractivity contribution in [1.82, 2.24) is 0 Å². The second kappa shape index (κ2) is 3.94. The number of hydrogen-bond donors (Lipinski definition) is 1. The second-order valence-corrected chi connectivity index (χ2v) is 8.32. The van der Waals surface area contributed by atoms with Gasteiger partial charge in [-0.15, -0.1) is 0 Å². The molecule has 0 amide bonds. The first-order valence-corrected chi connectivity index (χ1v) is 8.23. The van der Waals surface area contributed by atoms with Gasteiger partial charge in [-0.2, -0.15) is 0 Å². The highest BCUT2D eigenvalue weighted by Crippen LogP contribution is 2.80. The second-order valence-electron chi connectivity index (χ2n) is 8.32. The molecule has 4 rings (SSSR count). The first-order chi connectivity index (χ1) is 10.2. The number of Topliss-reactive ketones (excluding diaryl/α,β-unsaturated/α-hetero) is 1. The molecule has 4 fully saturated rings. The molecule has 2 aliphatic heterocycles. The fourth-order valence-electron chi connectivity index (χ4n) is 6.48. The maximum atomic E-state index is 13.0. The number of rotatable bonds is 3. The zero-order valence-corrected chi connectivity index (χ0v) is 14.0. The van der Waals surface area contributed by atoms with E-state index in [4.69, 9.17) is 14.2 Å². The number of carbonyl (C=O) groups excluding carboxylic acids is 1. The Morgan fingerprint density at radius 1 is 1.32 bits per heavy atom. The third kappa shape index (κ3) is 1.24. The van der Waals surface area contributed by atoms with Crippen LogP contribution in [0.1, 0.15) is 40.5 Å². The topological polar surface area (TPSA) is 65.0 Å². The Bertz CT molecular complexity index is 539. The molecular formula is C17H26O5. The lowest BCUT2D eigenvalue weighted by molar-refractivity contribution is -0.170. The van der Waals surface area contributed by atoms with Gasteiger partial charge in [-0.25, -0.2) is 0 Å². The van der Waals surface area contributed by atoms with E-state index >= 15 is 0 Å². The first kappa shape index (κ1) is 15.1. The normalized spacial score (nSPS) is 57.6. The molecular weight excluding hydrogens is 284 g/mol. The van der Waals surface area contributed by atoms with Gasteiger partial charge in [0.2, 0.25) is 0 Å². The monoisotopic (exact) mass is 310 g/mol. The largest absolute Gasteiger partial charge is 0.387 e. The summed E-state index contributed by atoms with van der Waals surface area (Å²) >= 11 is 0. The van der Waals surface area contributed by atoms with Gasteiger partial charge >= 0.3 is 0 Å². The predicted molar refractivity (Wildman–Crippen MR) is 78.1 cm³/mol. The van der Waals surface area contributed by atoms with Gasteiger partial charge in [0, 0.05) is 23.9 Å². The summed E-state index contributed by atoms with van der Waals surface area (Å²) in [5.41, 5.74) is -2.25. The molecule has 0 unspecified atom stereocenters. The molecule has 2 saturated heterocycles. The van der Waals surface area contributed by atoms with Gasteiger partial charge in [0.1, 0.15) is 12.6 Å². The van der Waals surface area contributed by atoms with E-state index in [0.717, 1.165) is 12.8 Å². The highest BCUT2D eigenvalue weighted by atomic mass is 16.7. The number of ketones is 1. The maximum Gasteiger partial charge on any atom is 0.146 e. The van der Waals surface area contributed by atoms with Crippen molar-refractivity contribution in [2.45, 2.75) is 63.9 Å². The molecule has 5 heteroatoms. The van der Waals surface area contributed by atoms with Gasteiger partial charge < -0.3 is 19.3 Å². The Morgan fingerprint density at radius 2 is 1.95 bits per heavy atom. The molecule has 124 valence electrons. The molecule has 2 bridgehead atoms. The molecule has 0 aromatic rings. The fourth-order valence-corrected chi connectivity index (χ4v) is 6.48. The molecule has 0 aromatic carbocycles. The summed E-state index contributed by atoms with van der Waals surface area (Å²) in [6.45, 7) is 8.07. The van der Waals surface area contributed by atoms with E-state index in [-0.39, 0.29) is 42.0 Å². The molecule has 4 aliphatic rings. The average molecular weight is 310 g/mol. The molecule has 2 heterocycles. The summed E-state index contributed by atoms with van der Waals surface area (Å²) < 4.78 is 17.3. The summed E-state index contributed by atoms with van der Waals surface area (Å²) in [6, 6.07) is 0. The number of ether oxygens (including phenoxy) is 3. The number of aliphatic hydroxyl groups is 1. The lowest BCUT2D eigenvalue weighted by Crippen LogP contribution is -2.63. The van der Waals surface area contributed by atoms with E-state index in [1.807, 2.05) is 20.8 Å². The van der Waals surface area contributed by atoms with Crippen LogP contribution in [0.4, 0.5) is 0 Å². The van der Waals surface area contributed by atoms with E-state index in [2.05, 4.69) is 6.92 Å². The highest BCUT2D eigenvalue weighted by molar-refractivity contribution is 5.90. The van der Waals surface area contributed by atoms with Crippen molar-refractivity contribution < 1.29 is 24.1 Å². The van der Waals surface area contributed by atoms with Crippen LogP contribution in [0.25, 0.3) is 0 Å². The number of hydrogen-bond acceptors (Lipinski definition) is 5. The minimum atomic E-state index is -0.911. The number of carbonyl (C=O) groups is 1. The Labute approximate surface area is 131 Å². The summed E-state index contributed by atoms with van der Waals surface area (Å²) in [5.74, 6) is -0.180. The minimum Gasteiger partial charge on any atom is -0.387 e. The van der Waals surface area contributed by atoms with Crippen molar-refractivity contribution in [2.75, 3.05) is 13.9 Å². The smallest absolute Gasteiger partial charge is 0.146 e. The van der Waals surface area contributed by atoms with Crippen LogP contribution in [-0.2, 0) is 19.0 Å². The maximum absolute atomic E-state index is 13.0. The quantitative estimate of drug-likeness (QED) is 0.801. The summed E-state index contributed by atoms with van der Waals surface area (Å²) in [7, 11) is 1.58. The standard InChI is InChI=1S/C17H26O5/c1-9-10(18)11-14(2,12(9)21-8-20-5)13-15(3,19)17(6-7-17)16(11,4)22-13/h9,11-13,19H,6-8H2,1-5H3/t9-,11+,12+,13-,14+,15+,16+/m1/s1. The Morgan fingerprint density at radius 3 is 2.50 bits per heavy atom.